The Hall–Kier alpha value is -1.62. The second-order valence-electron chi connectivity index (χ2n) is 5.67. The van der Waals surface area contributed by atoms with E-state index in [4.69, 9.17) is 44.6 Å². The first-order valence-corrected chi connectivity index (χ1v) is 8.37. The predicted octanol–water partition coefficient (Wildman–Crippen LogP) is 5.23. The number of benzene rings is 2. The lowest BCUT2D eigenvalue weighted by Crippen LogP contribution is -2.35. The molecule has 0 spiro atoms. The van der Waals surface area contributed by atoms with Gasteiger partial charge in [-0.1, -0.05) is 34.8 Å². The summed E-state index contributed by atoms with van der Waals surface area (Å²) in [6, 6.07) is 8.80. The van der Waals surface area contributed by atoms with Gasteiger partial charge in [-0.25, -0.2) is 4.79 Å². The van der Waals surface area contributed by atoms with Crippen LogP contribution in [-0.2, 0) is 6.42 Å². The lowest BCUT2D eigenvalue weighted by atomic mass is 10.0. The molecule has 4 nitrogen and oxygen atoms in total. The van der Waals surface area contributed by atoms with Crippen molar-refractivity contribution in [3.05, 3.63) is 51.0 Å². The Morgan fingerprint density at radius 3 is 2.62 bits per heavy atom. The standard InChI is InChI=1S/C17H14Cl3NO3/c1-21(17(22)23)8-12-5-9-4-11(19)7-14(16(9)24-12)13-6-10(18)2-3-15(13)20/h2-4,6-7,12H,5,8H2,1H3,(H,22,23). The van der Waals surface area contributed by atoms with E-state index in [0.717, 1.165) is 16.7 Å². The molecule has 1 unspecified atom stereocenters. The van der Waals surface area contributed by atoms with E-state index in [2.05, 4.69) is 0 Å². The zero-order valence-electron chi connectivity index (χ0n) is 12.7. The molecule has 24 heavy (non-hydrogen) atoms. The Balaban J connectivity index is 1.98. The lowest BCUT2D eigenvalue weighted by Gasteiger charge is -2.18. The topological polar surface area (TPSA) is 49.8 Å². The van der Waals surface area contributed by atoms with Gasteiger partial charge in [0.2, 0.25) is 0 Å². The van der Waals surface area contributed by atoms with Crippen LogP contribution in [0.5, 0.6) is 5.75 Å². The van der Waals surface area contributed by atoms with Crippen molar-refractivity contribution >= 4 is 40.9 Å². The van der Waals surface area contributed by atoms with Gasteiger partial charge in [0.05, 0.1) is 6.54 Å². The van der Waals surface area contributed by atoms with E-state index in [1.54, 1.807) is 24.3 Å². The van der Waals surface area contributed by atoms with Crippen LogP contribution < -0.4 is 4.74 Å². The fraction of sp³-hybridized carbons (Fsp3) is 0.235. The third-order valence-corrected chi connectivity index (χ3v) is 4.67. The molecule has 2 aromatic rings. The van der Waals surface area contributed by atoms with Crippen molar-refractivity contribution < 1.29 is 14.6 Å². The highest BCUT2D eigenvalue weighted by atomic mass is 35.5. The molecule has 0 aromatic heterocycles. The number of rotatable bonds is 3. The molecule has 0 fully saturated rings. The van der Waals surface area contributed by atoms with Crippen molar-refractivity contribution in [3.63, 3.8) is 0 Å². The Morgan fingerprint density at radius 1 is 1.21 bits per heavy atom. The Kier molecular flexibility index (Phi) is 4.81. The van der Waals surface area contributed by atoms with E-state index in [0.29, 0.717) is 27.2 Å². The molecule has 0 bridgehead atoms. The van der Waals surface area contributed by atoms with Gasteiger partial charge in [-0.05, 0) is 30.3 Å². The van der Waals surface area contributed by atoms with Crippen LogP contribution in [0.2, 0.25) is 15.1 Å². The average molecular weight is 387 g/mol. The van der Waals surface area contributed by atoms with Crippen LogP contribution in [0.4, 0.5) is 4.79 Å². The molecule has 0 saturated heterocycles. The van der Waals surface area contributed by atoms with E-state index in [1.807, 2.05) is 6.07 Å². The van der Waals surface area contributed by atoms with Crippen molar-refractivity contribution in [2.45, 2.75) is 12.5 Å². The first-order valence-electron chi connectivity index (χ1n) is 7.23. The smallest absolute Gasteiger partial charge is 0.407 e. The predicted molar refractivity (Wildman–Crippen MR) is 95.7 cm³/mol. The molecule has 1 aliphatic heterocycles. The monoisotopic (exact) mass is 385 g/mol. The summed E-state index contributed by atoms with van der Waals surface area (Å²) >= 11 is 18.6. The van der Waals surface area contributed by atoms with Gasteiger partial charge in [-0.3, -0.25) is 0 Å². The zero-order valence-corrected chi connectivity index (χ0v) is 15.0. The molecule has 126 valence electrons. The van der Waals surface area contributed by atoms with Crippen LogP contribution in [0.15, 0.2) is 30.3 Å². The van der Waals surface area contributed by atoms with Crippen LogP contribution in [0.3, 0.4) is 0 Å². The summed E-state index contributed by atoms with van der Waals surface area (Å²) < 4.78 is 6.00. The first-order chi connectivity index (χ1) is 11.3. The van der Waals surface area contributed by atoms with Gasteiger partial charge in [0.1, 0.15) is 11.9 Å². The van der Waals surface area contributed by atoms with Crippen LogP contribution in [0, 0.1) is 0 Å². The van der Waals surface area contributed by atoms with Crippen LogP contribution in [0.1, 0.15) is 5.56 Å². The molecule has 1 atom stereocenters. The van der Waals surface area contributed by atoms with Crippen LogP contribution >= 0.6 is 34.8 Å². The maximum absolute atomic E-state index is 11.0. The molecule has 3 rings (SSSR count). The van der Waals surface area contributed by atoms with Gasteiger partial charge in [0.25, 0.3) is 0 Å². The minimum absolute atomic E-state index is 0.267. The molecule has 0 aliphatic carbocycles. The number of hydrogen-bond donors (Lipinski definition) is 1. The molecule has 1 N–H and O–H groups in total. The van der Waals surface area contributed by atoms with Gasteiger partial charge >= 0.3 is 6.09 Å². The summed E-state index contributed by atoms with van der Waals surface area (Å²) in [4.78, 5) is 12.2. The zero-order chi connectivity index (χ0) is 17.4. The number of hydrogen-bond acceptors (Lipinski definition) is 2. The Morgan fingerprint density at radius 2 is 1.92 bits per heavy atom. The van der Waals surface area contributed by atoms with Crippen molar-refractivity contribution in [2.24, 2.45) is 0 Å². The second kappa shape index (κ2) is 6.71. The summed E-state index contributed by atoms with van der Waals surface area (Å²) in [5.41, 5.74) is 2.41. The third-order valence-electron chi connectivity index (χ3n) is 3.89. The molecule has 0 radical (unpaired) electrons. The molecule has 2 aromatic carbocycles. The third kappa shape index (κ3) is 3.41. The van der Waals surface area contributed by atoms with Gasteiger partial charge in [-0.15, -0.1) is 0 Å². The Bertz CT molecular complexity index is 810. The maximum Gasteiger partial charge on any atom is 0.407 e. The number of carbonyl (C=O) groups is 1. The number of halogens is 3. The molecule has 1 heterocycles. The number of amides is 1. The highest BCUT2D eigenvalue weighted by Gasteiger charge is 2.29. The molecular formula is C17H14Cl3NO3. The Labute approximate surface area is 154 Å². The second-order valence-corrected chi connectivity index (χ2v) is 6.95. The molecule has 0 saturated carbocycles. The van der Waals surface area contributed by atoms with Crippen molar-refractivity contribution in [1.29, 1.82) is 0 Å². The number of nitrogens with zero attached hydrogens (tertiary/aromatic N) is 1. The normalized spacial score (nSPS) is 15.8. The summed E-state index contributed by atoms with van der Waals surface area (Å²) in [6.45, 7) is 0.268. The summed E-state index contributed by atoms with van der Waals surface area (Å²) in [6.07, 6.45) is -0.680. The van der Waals surface area contributed by atoms with E-state index < -0.39 is 6.09 Å². The van der Waals surface area contributed by atoms with Gasteiger partial charge in [0.15, 0.2) is 0 Å². The largest absolute Gasteiger partial charge is 0.487 e. The van der Waals surface area contributed by atoms with Gasteiger partial charge in [0, 0.05) is 45.2 Å². The SMILES string of the molecule is CN(CC1Cc2cc(Cl)cc(-c3cc(Cl)ccc3Cl)c2O1)C(=O)O. The highest BCUT2D eigenvalue weighted by Crippen LogP contribution is 2.44. The summed E-state index contributed by atoms with van der Waals surface area (Å²) in [5, 5.41) is 10.7. The molecule has 7 heteroatoms. The van der Waals surface area contributed by atoms with Crippen LogP contribution in [0.25, 0.3) is 11.1 Å². The van der Waals surface area contributed by atoms with Crippen LogP contribution in [-0.4, -0.2) is 35.8 Å². The fourth-order valence-electron chi connectivity index (χ4n) is 2.78. The van der Waals surface area contributed by atoms with E-state index in [-0.39, 0.29) is 12.6 Å². The van der Waals surface area contributed by atoms with E-state index >= 15 is 0 Å². The summed E-state index contributed by atoms with van der Waals surface area (Å²) in [7, 11) is 1.51. The molecule has 1 aliphatic rings. The number of carboxylic acid groups (broad SMARTS) is 1. The van der Waals surface area contributed by atoms with Gasteiger partial charge < -0.3 is 14.7 Å². The average Bonchev–Trinajstić information content (AvgIpc) is 2.90. The first kappa shape index (κ1) is 17.2. The molecule has 1 amide bonds. The summed E-state index contributed by atoms with van der Waals surface area (Å²) in [5.74, 6) is 0.673. The minimum Gasteiger partial charge on any atom is -0.487 e. The van der Waals surface area contributed by atoms with Gasteiger partial charge in [-0.2, -0.15) is 0 Å². The van der Waals surface area contributed by atoms with Crippen molar-refractivity contribution in [3.8, 4) is 16.9 Å². The molecular weight excluding hydrogens is 373 g/mol. The van der Waals surface area contributed by atoms with E-state index in [9.17, 15) is 4.79 Å². The van der Waals surface area contributed by atoms with Crippen molar-refractivity contribution in [2.75, 3.05) is 13.6 Å². The number of ether oxygens (including phenoxy) is 1. The lowest BCUT2D eigenvalue weighted by molar-refractivity contribution is 0.129. The van der Waals surface area contributed by atoms with Crippen molar-refractivity contribution in [1.82, 2.24) is 4.90 Å². The maximum atomic E-state index is 11.0. The minimum atomic E-state index is -0.995. The quantitative estimate of drug-likeness (QED) is 0.786. The fourth-order valence-corrected chi connectivity index (χ4v) is 3.42. The highest BCUT2D eigenvalue weighted by molar-refractivity contribution is 6.35. The number of likely N-dealkylation sites (N-methyl/N-ethyl adjacent to an activating group) is 1. The number of fused-ring (bicyclic) bond motifs is 1. The van der Waals surface area contributed by atoms with E-state index in [1.165, 1.54) is 11.9 Å².